The number of hydrogen-bond donors (Lipinski definition) is 0. The number of fused-ring (bicyclic) bond motifs is 8. The molecule has 0 spiro atoms. The Morgan fingerprint density at radius 2 is 0.811 bits per heavy atom. The lowest BCUT2D eigenvalue weighted by molar-refractivity contribution is 0.669. The first-order valence-corrected chi connectivity index (χ1v) is 17.8. The first kappa shape index (κ1) is 29.5. The van der Waals surface area contributed by atoms with Gasteiger partial charge in [-0.3, -0.25) is 0 Å². The van der Waals surface area contributed by atoms with Crippen LogP contribution in [0.25, 0.3) is 110 Å². The van der Waals surface area contributed by atoms with Crippen molar-refractivity contribution in [3.8, 4) is 45.3 Å². The molecule has 0 radical (unpaired) electrons. The van der Waals surface area contributed by atoms with Gasteiger partial charge in [0, 0.05) is 27.5 Å². The quantitative estimate of drug-likeness (QED) is 0.174. The summed E-state index contributed by atoms with van der Waals surface area (Å²) in [6, 6.07) is 61.8. The van der Waals surface area contributed by atoms with Crippen LogP contribution >= 0.6 is 0 Å². The number of nitrogens with zero attached hydrogens (tertiary/aromatic N) is 3. The molecule has 0 atom stereocenters. The lowest BCUT2D eigenvalue weighted by atomic mass is 9.99. The minimum Gasteiger partial charge on any atom is -0.456 e. The van der Waals surface area contributed by atoms with Crippen molar-refractivity contribution in [1.82, 2.24) is 15.0 Å². The average molecular weight is 676 g/mol. The van der Waals surface area contributed by atoms with Crippen molar-refractivity contribution in [1.29, 1.82) is 0 Å². The third-order valence-electron chi connectivity index (χ3n) is 10.5. The zero-order chi connectivity index (χ0) is 34.9. The molecule has 0 unspecified atom stereocenters. The summed E-state index contributed by atoms with van der Waals surface area (Å²) in [6.07, 6.45) is 0. The molecule has 0 fully saturated rings. The summed E-state index contributed by atoms with van der Waals surface area (Å²) < 4.78 is 6.55. The van der Waals surface area contributed by atoms with Crippen LogP contribution in [0.5, 0.6) is 0 Å². The zero-order valence-electron chi connectivity index (χ0n) is 28.5. The van der Waals surface area contributed by atoms with Crippen LogP contribution in [0, 0.1) is 0 Å². The maximum atomic E-state index is 6.55. The van der Waals surface area contributed by atoms with E-state index in [0.717, 1.165) is 60.5 Å². The van der Waals surface area contributed by atoms with Crippen molar-refractivity contribution in [3.63, 3.8) is 0 Å². The fourth-order valence-electron chi connectivity index (χ4n) is 7.80. The molecule has 11 aromatic rings. The fourth-order valence-corrected chi connectivity index (χ4v) is 7.80. The first-order valence-electron chi connectivity index (χ1n) is 17.8. The summed E-state index contributed by atoms with van der Waals surface area (Å²) in [5.41, 5.74) is 6.64. The maximum absolute atomic E-state index is 6.55. The number of rotatable bonds is 4. The minimum absolute atomic E-state index is 0.601. The van der Waals surface area contributed by atoms with Gasteiger partial charge in [-0.1, -0.05) is 140 Å². The van der Waals surface area contributed by atoms with Gasteiger partial charge in [-0.2, -0.15) is 0 Å². The smallest absolute Gasteiger partial charge is 0.164 e. The molecule has 2 heterocycles. The van der Waals surface area contributed by atoms with Crippen LogP contribution in [-0.2, 0) is 0 Å². The van der Waals surface area contributed by atoms with E-state index in [1.54, 1.807) is 0 Å². The highest BCUT2D eigenvalue weighted by Crippen LogP contribution is 2.39. The summed E-state index contributed by atoms with van der Waals surface area (Å²) >= 11 is 0. The van der Waals surface area contributed by atoms with Crippen molar-refractivity contribution in [2.24, 2.45) is 0 Å². The molecule has 0 bridgehead atoms. The molecular formula is C49H29N3O. The van der Waals surface area contributed by atoms with Gasteiger partial charge in [-0.15, -0.1) is 0 Å². The second-order valence-electron chi connectivity index (χ2n) is 13.6. The van der Waals surface area contributed by atoms with E-state index in [-0.39, 0.29) is 0 Å². The van der Waals surface area contributed by atoms with Crippen molar-refractivity contribution in [2.45, 2.75) is 0 Å². The molecule has 0 aliphatic heterocycles. The molecular weight excluding hydrogens is 647 g/mol. The standard InChI is InChI=1S/C49H29N3O/c1-3-11-33-26-35(19-16-30(33)8-1)36-22-25-42-45(29-36)53-44-15-7-14-43(46(42)44)49-51-47(38-21-17-31-9-2-4-12-34(31)27-38)50-48(52-49)39-23-24-41-37(28-39)20-18-32-10-5-6-13-40(32)41/h1-29H. The predicted molar refractivity (Wildman–Crippen MR) is 219 cm³/mol. The average Bonchev–Trinajstić information content (AvgIpc) is 3.61. The molecule has 0 aliphatic carbocycles. The van der Waals surface area contributed by atoms with Gasteiger partial charge < -0.3 is 4.42 Å². The molecule has 11 rings (SSSR count). The van der Waals surface area contributed by atoms with Gasteiger partial charge in [0.1, 0.15) is 11.2 Å². The molecule has 0 saturated carbocycles. The molecule has 0 N–H and O–H groups in total. The van der Waals surface area contributed by atoms with Crippen LogP contribution in [0.3, 0.4) is 0 Å². The molecule has 9 aromatic carbocycles. The molecule has 2 aromatic heterocycles. The molecule has 246 valence electrons. The first-order chi connectivity index (χ1) is 26.2. The highest BCUT2D eigenvalue weighted by Gasteiger charge is 2.19. The van der Waals surface area contributed by atoms with Crippen LogP contribution in [0.1, 0.15) is 0 Å². The Hall–Kier alpha value is -7.17. The topological polar surface area (TPSA) is 51.8 Å². The highest BCUT2D eigenvalue weighted by molar-refractivity contribution is 6.13. The lowest BCUT2D eigenvalue weighted by Crippen LogP contribution is -2.00. The zero-order valence-corrected chi connectivity index (χ0v) is 28.5. The number of hydrogen-bond acceptors (Lipinski definition) is 4. The van der Waals surface area contributed by atoms with Gasteiger partial charge in [0.2, 0.25) is 0 Å². The Morgan fingerprint density at radius 1 is 0.302 bits per heavy atom. The monoisotopic (exact) mass is 675 g/mol. The Morgan fingerprint density at radius 3 is 1.58 bits per heavy atom. The highest BCUT2D eigenvalue weighted by atomic mass is 16.3. The summed E-state index contributed by atoms with van der Waals surface area (Å²) in [5, 5.41) is 11.5. The van der Waals surface area contributed by atoms with Crippen molar-refractivity contribution in [2.75, 3.05) is 0 Å². The number of furan rings is 1. The van der Waals surface area contributed by atoms with Gasteiger partial charge in [0.25, 0.3) is 0 Å². The normalized spacial score (nSPS) is 11.8. The molecule has 0 aliphatic rings. The molecule has 4 heteroatoms. The van der Waals surface area contributed by atoms with Crippen molar-refractivity contribution < 1.29 is 4.42 Å². The van der Waals surface area contributed by atoms with Gasteiger partial charge >= 0.3 is 0 Å². The van der Waals surface area contributed by atoms with Crippen LogP contribution in [0.4, 0.5) is 0 Å². The molecule has 4 nitrogen and oxygen atoms in total. The van der Waals surface area contributed by atoms with Crippen LogP contribution < -0.4 is 0 Å². The van der Waals surface area contributed by atoms with Gasteiger partial charge in [0.15, 0.2) is 17.5 Å². The molecule has 53 heavy (non-hydrogen) atoms. The van der Waals surface area contributed by atoms with E-state index in [1.807, 2.05) is 12.1 Å². The third-order valence-corrected chi connectivity index (χ3v) is 10.5. The minimum atomic E-state index is 0.601. The predicted octanol–water partition coefficient (Wildman–Crippen LogP) is 13.1. The second kappa shape index (κ2) is 11.7. The van der Waals surface area contributed by atoms with Crippen LogP contribution in [0.2, 0.25) is 0 Å². The van der Waals surface area contributed by atoms with Gasteiger partial charge in [-0.05, 0) is 90.6 Å². The van der Waals surface area contributed by atoms with Crippen molar-refractivity contribution >= 4 is 65.0 Å². The van der Waals surface area contributed by atoms with E-state index in [4.69, 9.17) is 19.4 Å². The van der Waals surface area contributed by atoms with E-state index in [9.17, 15) is 0 Å². The number of aromatic nitrogens is 3. The van der Waals surface area contributed by atoms with E-state index in [0.29, 0.717) is 17.5 Å². The molecule has 0 amide bonds. The van der Waals surface area contributed by atoms with Gasteiger partial charge in [-0.25, -0.2) is 15.0 Å². The largest absolute Gasteiger partial charge is 0.456 e. The summed E-state index contributed by atoms with van der Waals surface area (Å²) in [5.74, 6) is 1.85. The van der Waals surface area contributed by atoms with E-state index < -0.39 is 0 Å². The second-order valence-corrected chi connectivity index (χ2v) is 13.6. The Kier molecular flexibility index (Phi) is 6.52. The van der Waals surface area contributed by atoms with E-state index >= 15 is 0 Å². The molecule has 0 saturated heterocycles. The van der Waals surface area contributed by atoms with E-state index in [2.05, 4.69) is 164 Å². The lowest BCUT2D eigenvalue weighted by Gasteiger charge is -2.11. The van der Waals surface area contributed by atoms with Crippen LogP contribution in [0.15, 0.2) is 180 Å². The van der Waals surface area contributed by atoms with Crippen LogP contribution in [-0.4, -0.2) is 15.0 Å². The fraction of sp³-hybridized carbons (Fsp3) is 0. The summed E-state index contributed by atoms with van der Waals surface area (Å²) in [7, 11) is 0. The summed E-state index contributed by atoms with van der Waals surface area (Å²) in [4.78, 5) is 15.5. The summed E-state index contributed by atoms with van der Waals surface area (Å²) in [6.45, 7) is 0. The SMILES string of the molecule is c1ccc2cc(-c3ccc4c(c3)oc3cccc(-c5nc(-c6ccc7ccccc7c6)nc(-c6ccc7c(ccc8ccccc87)c6)n5)c34)ccc2c1. The maximum Gasteiger partial charge on any atom is 0.164 e. The van der Waals surface area contributed by atoms with Crippen molar-refractivity contribution in [3.05, 3.63) is 176 Å². The van der Waals surface area contributed by atoms with E-state index in [1.165, 1.54) is 32.3 Å². The Balaban J connectivity index is 1.10. The third kappa shape index (κ3) is 4.95. The Labute approximate surface area is 304 Å². The number of benzene rings is 9. The Bertz CT molecular complexity index is 3250. The van der Waals surface area contributed by atoms with Gasteiger partial charge in [0.05, 0.1) is 0 Å².